The molecule has 0 radical (unpaired) electrons. The lowest BCUT2D eigenvalue weighted by molar-refractivity contribution is 0.395. The summed E-state index contributed by atoms with van der Waals surface area (Å²) < 4.78 is 5.03. The van der Waals surface area contributed by atoms with Crippen LogP contribution in [0.25, 0.3) is 0 Å². The Kier molecular flexibility index (Phi) is 1.92. The molecule has 1 aliphatic carbocycles. The quantitative estimate of drug-likeness (QED) is 0.733. The van der Waals surface area contributed by atoms with E-state index >= 15 is 0 Å². The van der Waals surface area contributed by atoms with Crippen molar-refractivity contribution in [1.29, 1.82) is 0 Å². The second-order valence-electron chi connectivity index (χ2n) is 3.43. The molecule has 1 saturated carbocycles. The third-order valence-electron chi connectivity index (χ3n) is 2.64. The van der Waals surface area contributed by atoms with Crippen LogP contribution in [0.5, 0.6) is 5.88 Å². The van der Waals surface area contributed by atoms with Gasteiger partial charge in [-0.15, -0.1) is 0 Å². The molecule has 1 aromatic rings. The van der Waals surface area contributed by atoms with E-state index in [4.69, 9.17) is 10.5 Å². The largest absolute Gasteiger partial charge is 0.481 e. The first-order chi connectivity index (χ1) is 6.30. The smallest absolute Gasteiger partial charge is 0.216 e. The van der Waals surface area contributed by atoms with Crippen molar-refractivity contribution in [2.24, 2.45) is 5.73 Å². The van der Waals surface area contributed by atoms with Crippen LogP contribution in [0, 0.1) is 0 Å². The summed E-state index contributed by atoms with van der Waals surface area (Å²) in [4.78, 5) is 8.18. The molecule has 4 heteroatoms. The topological polar surface area (TPSA) is 61.0 Å². The van der Waals surface area contributed by atoms with Crippen LogP contribution in [0.2, 0.25) is 0 Å². The minimum Gasteiger partial charge on any atom is -0.481 e. The van der Waals surface area contributed by atoms with E-state index in [1.807, 2.05) is 6.07 Å². The second-order valence-corrected chi connectivity index (χ2v) is 3.43. The zero-order chi connectivity index (χ0) is 9.31. The van der Waals surface area contributed by atoms with E-state index in [2.05, 4.69) is 9.97 Å². The number of methoxy groups -OCH3 is 1. The molecule has 0 aromatic carbocycles. The molecule has 0 aliphatic heterocycles. The van der Waals surface area contributed by atoms with Crippen LogP contribution in [0.4, 0.5) is 0 Å². The number of aromatic nitrogens is 2. The van der Waals surface area contributed by atoms with Crippen LogP contribution in [0.15, 0.2) is 12.4 Å². The van der Waals surface area contributed by atoms with Gasteiger partial charge in [0.2, 0.25) is 5.88 Å². The van der Waals surface area contributed by atoms with Gasteiger partial charge in [-0.25, -0.2) is 9.97 Å². The molecule has 1 aromatic heterocycles. The van der Waals surface area contributed by atoms with Crippen LogP contribution in [0.3, 0.4) is 0 Å². The molecule has 2 rings (SSSR count). The van der Waals surface area contributed by atoms with Crippen molar-refractivity contribution >= 4 is 0 Å². The summed E-state index contributed by atoms with van der Waals surface area (Å²) in [5, 5.41) is 0. The molecule has 4 nitrogen and oxygen atoms in total. The first kappa shape index (κ1) is 8.44. The number of nitrogens with two attached hydrogens (primary N) is 1. The lowest BCUT2D eigenvalue weighted by atomic mass is 10.0. The van der Waals surface area contributed by atoms with E-state index in [0.29, 0.717) is 12.4 Å². The first-order valence-corrected chi connectivity index (χ1v) is 4.37. The van der Waals surface area contributed by atoms with Gasteiger partial charge in [0.05, 0.1) is 12.8 Å². The highest BCUT2D eigenvalue weighted by Gasteiger charge is 2.44. The Bertz CT molecular complexity index is 309. The van der Waals surface area contributed by atoms with Gasteiger partial charge in [0.1, 0.15) is 6.33 Å². The van der Waals surface area contributed by atoms with E-state index < -0.39 is 0 Å². The average Bonchev–Trinajstić information content (AvgIpc) is 2.99. The third-order valence-corrected chi connectivity index (χ3v) is 2.64. The predicted molar refractivity (Wildman–Crippen MR) is 48.6 cm³/mol. The Hall–Kier alpha value is -1.16. The Morgan fingerprint density at radius 3 is 2.85 bits per heavy atom. The van der Waals surface area contributed by atoms with Gasteiger partial charge in [-0.1, -0.05) is 0 Å². The first-order valence-electron chi connectivity index (χ1n) is 4.37. The molecule has 0 atom stereocenters. The number of ether oxygens (including phenoxy) is 1. The summed E-state index contributed by atoms with van der Waals surface area (Å²) in [6.07, 6.45) is 3.79. The maximum absolute atomic E-state index is 5.69. The van der Waals surface area contributed by atoms with Crippen molar-refractivity contribution in [3.05, 3.63) is 18.1 Å². The Morgan fingerprint density at radius 2 is 2.31 bits per heavy atom. The van der Waals surface area contributed by atoms with Crippen LogP contribution in [-0.4, -0.2) is 23.6 Å². The van der Waals surface area contributed by atoms with E-state index in [9.17, 15) is 0 Å². The predicted octanol–water partition coefficient (Wildman–Crippen LogP) is 0.476. The summed E-state index contributed by atoms with van der Waals surface area (Å²) in [7, 11) is 1.61. The highest BCUT2D eigenvalue weighted by molar-refractivity contribution is 5.28. The highest BCUT2D eigenvalue weighted by Crippen LogP contribution is 2.46. The molecule has 0 saturated heterocycles. The Morgan fingerprint density at radius 1 is 1.54 bits per heavy atom. The minimum atomic E-state index is 0.121. The standard InChI is InChI=1S/C9H13N3O/c1-13-8-4-7(11-6-12-8)9(5-10)2-3-9/h4,6H,2-3,5,10H2,1H3. The van der Waals surface area contributed by atoms with Gasteiger partial charge in [-0.3, -0.25) is 0 Å². The molecule has 13 heavy (non-hydrogen) atoms. The Balaban J connectivity index is 2.30. The van der Waals surface area contributed by atoms with Gasteiger partial charge in [-0.2, -0.15) is 0 Å². The van der Waals surface area contributed by atoms with Crippen LogP contribution in [-0.2, 0) is 5.41 Å². The lowest BCUT2D eigenvalue weighted by Crippen LogP contribution is -2.21. The molecule has 0 bridgehead atoms. The van der Waals surface area contributed by atoms with Crippen molar-refractivity contribution in [3.63, 3.8) is 0 Å². The van der Waals surface area contributed by atoms with Gasteiger partial charge < -0.3 is 10.5 Å². The molecule has 2 N–H and O–H groups in total. The van der Waals surface area contributed by atoms with Crippen LogP contribution in [0.1, 0.15) is 18.5 Å². The van der Waals surface area contributed by atoms with Gasteiger partial charge >= 0.3 is 0 Å². The molecule has 1 fully saturated rings. The fourth-order valence-corrected chi connectivity index (χ4v) is 1.46. The monoisotopic (exact) mass is 179 g/mol. The molecule has 1 aliphatic rings. The van der Waals surface area contributed by atoms with Crippen molar-refractivity contribution in [1.82, 2.24) is 9.97 Å². The zero-order valence-corrected chi connectivity index (χ0v) is 7.66. The summed E-state index contributed by atoms with van der Waals surface area (Å²) in [5.74, 6) is 0.615. The maximum atomic E-state index is 5.69. The van der Waals surface area contributed by atoms with Crippen LogP contribution < -0.4 is 10.5 Å². The molecule has 0 amide bonds. The maximum Gasteiger partial charge on any atom is 0.216 e. The summed E-state index contributed by atoms with van der Waals surface area (Å²) in [6.45, 7) is 0.660. The van der Waals surface area contributed by atoms with E-state index in [1.54, 1.807) is 7.11 Å². The molecule has 0 spiro atoms. The summed E-state index contributed by atoms with van der Waals surface area (Å²) in [6, 6.07) is 1.87. The molecule has 70 valence electrons. The number of hydrogen-bond donors (Lipinski definition) is 1. The summed E-state index contributed by atoms with van der Waals surface area (Å²) >= 11 is 0. The van der Waals surface area contributed by atoms with Crippen molar-refractivity contribution < 1.29 is 4.74 Å². The fraction of sp³-hybridized carbons (Fsp3) is 0.556. The van der Waals surface area contributed by atoms with Gasteiger partial charge in [0.15, 0.2) is 0 Å². The number of nitrogens with zero attached hydrogens (tertiary/aromatic N) is 2. The van der Waals surface area contributed by atoms with Gasteiger partial charge in [0.25, 0.3) is 0 Å². The SMILES string of the molecule is COc1cc(C2(CN)CC2)ncn1. The summed E-state index contributed by atoms with van der Waals surface area (Å²) in [5.41, 5.74) is 6.83. The average molecular weight is 179 g/mol. The van der Waals surface area contributed by atoms with Gasteiger partial charge in [-0.05, 0) is 12.8 Å². The number of hydrogen-bond acceptors (Lipinski definition) is 4. The molecule has 1 heterocycles. The van der Waals surface area contributed by atoms with E-state index in [-0.39, 0.29) is 5.41 Å². The van der Waals surface area contributed by atoms with E-state index in [1.165, 1.54) is 6.33 Å². The van der Waals surface area contributed by atoms with Crippen molar-refractivity contribution in [2.45, 2.75) is 18.3 Å². The second kappa shape index (κ2) is 2.96. The normalized spacial score (nSPS) is 18.3. The zero-order valence-electron chi connectivity index (χ0n) is 7.66. The van der Waals surface area contributed by atoms with Crippen LogP contribution >= 0.6 is 0 Å². The third kappa shape index (κ3) is 1.37. The molecule has 0 unspecified atom stereocenters. The lowest BCUT2D eigenvalue weighted by Gasteiger charge is -2.11. The number of rotatable bonds is 3. The van der Waals surface area contributed by atoms with Gasteiger partial charge in [0, 0.05) is 18.0 Å². The Labute approximate surface area is 77.1 Å². The molecular weight excluding hydrogens is 166 g/mol. The highest BCUT2D eigenvalue weighted by atomic mass is 16.5. The molecular formula is C9H13N3O. The minimum absolute atomic E-state index is 0.121. The fourth-order valence-electron chi connectivity index (χ4n) is 1.46. The van der Waals surface area contributed by atoms with Crippen molar-refractivity contribution in [2.75, 3.05) is 13.7 Å². The van der Waals surface area contributed by atoms with E-state index in [0.717, 1.165) is 18.5 Å². The van der Waals surface area contributed by atoms with Crippen molar-refractivity contribution in [3.8, 4) is 5.88 Å².